The molecule has 1 heterocycles. The topological polar surface area (TPSA) is 62.4 Å². The van der Waals surface area contributed by atoms with Crippen LogP contribution in [0.1, 0.15) is 36.8 Å². The maximum Gasteiger partial charge on any atom is 0.263 e. The molecule has 0 radical (unpaired) electrons. The monoisotopic (exact) mass is 410 g/mol. The second-order valence-corrected chi connectivity index (χ2v) is 9.63. The van der Waals surface area contributed by atoms with Crippen molar-refractivity contribution in [3.8, 4) is 5.75 Å². The third kappa shape index (κ3) is 3.31. The van der Waals surface area contributed by atoms with Crippen LogP contribution in [0.2, 0.25) is 0 Å². The van der Waals surface area contributed by atoms with Crippen LogP contribution in [0.3, 0.4) is 0 Å². The summed E-state index contributed by atoms with van der Waals surface area (Å²) in [5, 5.41) is 1.12. The summed E-state index contributed by atoms with van der Waals surface area (Å²) in [5.74, 6) is 0.999. The van der Waals surface area contributed by atoms with Crippen LogP contribution in [-0.4, -0.2) is 31.9 Å². The van der Waals surface area contributed by atoms with Gasteiger partial charge < -0.3 is 9.72 Å². The fourth-order valence-electron chi connectivity index (χ4n) is 4.24. The third-order valence-corrected chi connectivity index (χ3v) is 7.81. The highest BCUT2D eigenvalue weighted by molar-refractivity contribution is 7.89. The summed E-state index contributed by atoms with van der Waals surface area (Å²) >= 11 is 0. The molecule has 29 heavy (non-hydrogen) atoms. The maximum absolute atomic E-state index is 13.1. The first-order valence-corrected chi connectivity index (χ1v) is 11.2. The lowest BCUT2D eigenvalue weighted by Crippen LogP contribution is -2.26. The summed E-state index contributed by atoms with van der Waals surface area (Å²) in [6, 6.07) is 13.0. The molecule has 0 fully saturated rings. The van der Waals surface area contributed by atoms with Crippen LogP contribution >= 0.6 is 0 Å². The van der Waals surface area contributed by atoms with Crippen molar-refractivity contribution in [1.29, 1.82) is 0 Å². The molecule has 4 rings (SSSR count). The molecule has 0 saturated carbocycles. The highest BCUT2D eigenvalue weighted by Crippen LogP contribution is 2.44. The Morgan fingerprint density at radius 3 is 2.52 bits per heavy atom. The zero-order chi connectivity index (χ0) is 20.8. The first kappa shape index (κ1) is 19.6. The molecular formula is C23H26N2O3S. The summed E-state index contributed by atoms with van der Waals surface area (Å²) < 4.78 is 33.1. The fraction of sp³-hybridized carbons (Fsp3) is 0.304. The second kappa shape index (κ2) is 7.26. The third-order valence-electron chi connectivity index (χ3n) is 6.00. The number of benzene rings is 2. The van der Waals surface area contributed by atoms with Crippen molar-refractivity contribution < 1.29 is 13.2 Å². The average Bonchev–Trinajstić information content (AvgIpc) is 3.30. The number of aromatic amines is 1. The van der Waals surface area contributed by atoms with E-state index in [-0.39, 0.29) is 5.92 Å². The average molecular weight is 411 g/mol. The van der Waals surface area contributed by atoms with Gasteiger partial charge in [-0.15, -0.1) is 0 Å². The molecular weight excluding hydrogens is 384 g/mol. The first-order valence-electron chi connectivity index (χ1n) is 9.73. The van der Waals surface area contributed by atoms with Crippen LogP contribution in [0.15, 0.2) is 64.8 Å². The van der Waals surface area contributed by atoms with E-state index in [1.54, 1.807) is 26.3 Å². The molecule has 5 nitrogen and oxygen atoms in total. The number of hydrogen-bond acceptors (Lipinski definition) is 3. The highest BCUT2D eigenvalue weighted by Gasteiger charge is 2.32. The lowest BCUT2D eigenvalue weighted by molar-refractivity contribution is 0.415. The Morgan fingerprint density at radius 1 is 1.10 bits per heavy atom. The van der Waals surface area contributed by atoms with Gasteiger partial charge in [-0.1, -0.05) is 17.7 Å². The molecule has 2 aromatic carbocycles. The van der Waals surface area contributed by atoms with E-state index in [0.717, 1.165) is 46.3 Å². The molecule has 152 valence electrons. The van der Waals surface area contributed by atoms with Gasteiger partial charge in [0.15, 0.2) is 0 Å². The minimum atomic E-state index is -3.57. The highest BCUT2D eigenvalue weighted by atomic mass is 32.2. The summed E-state index contributed by atoms with van der Waals surface area (Å²) in [5.41, 5.74) is 5.27. The molecule has 1 N–H and O–H groups in total. The summed E-state index contributed by atoms with van der Waals surface area (Å²) in [7, 11) is -0.245. The van der Waals surface area contributed by atoms with Crippen molar-refractivity contribution in [2.45, 2.75) is 37.5 Å². The molecule has 0 bridgehead atoms. The van der Waals surface area contributed by atoms with Crippen LogP contribution in [0, 0.1) is 6.92 Å². The van der Waals surface area contributed by atoms with Crippen LogP contribution < -0.4 is 4.74 Å². The zero-order valence-electron chi connectivity index (χ0n) is 17.2. The number of aryl methyl sites for hydroxylation is 1. The quantitative estimate of drug-likeness (QED) is 0.647. The maximum atomic E-state index is 13.1. The zero-order valence-corrected chi connectivity index (χ0v) is 18.0. The van der Waals surface area contributed by atoms with Crippen LogP contribution in [0.25, 0.3) is 10.9 Å². The Balaban J connectivity index is 1.71. The van der Waals surface area contributed by atoms with E-state index in [1.165, 1.54) is 9.87 Å². The second-order valence-electron chi connectivity index (χ2n) is 7.66. The summed E-state index contributed by atoms with van der Waals surface area (Å²) in [6.07, 6.45) is 3.66. The molecule has 0 unspecified atom stereocenters. The van der Waals surface area contributed by atoms with Crippen molar-refractivity contribution >= 4 is 20.9 Å². The van der Waals surface area contributed by atoms with E-state index in [1.807, 2.05) is 50.4 Å². The van der Waals surface area contributed by atoms with Gasteiger partial charge in [0.25, 0.3) is 10.0 Å². The molecule has 0 aliphatic heterocycles. The van der Waals surface area contributed by atoms with Gasteiger partial charge in [0.2, 0.25) is 0 Å². The summed E-state index contributed by atoms with van der Waals surface area (Å²) in [6.45, 7) is 4.00. The van der Waals surface area contributed by atoms with Crippen molar-refractivity contribution in [2.75, 3.05) is 14.2 Å². The summed E-state index contributed by atoms with van der Waals surface area (Å²) in [4.78, 5) is 3.66. The largest absolute Gasteiger partial charge is 0.497 e. The Labute approximate surface area is 172 Å². The number of aromatic nitrogens is 1. The lowest BCUT2D eigenvalue weighted by atomic mass is 9.93. The SMILES string of the molecule is COc1ccc2[nH]cc([C@@H]3CCC(N(C)S(=O)(=O)c4ccc(C)cc4)=C3C)c2c1. The van der Waals surface area contributed by atoms with Crippen LogP contribution in [0.4, 0.5) is 0 Å². The predicted molar refractivity (Wildman–Crippen MR) is 116 cm³/mol. The Kier molecular flexibility index (Phi) is 4.90. The van der Waals surface area contributed by atoms with Crippen molar-refractivity contribution in [2.24, 2.45) is 0 Å². The van der Waals surface area contributed by atoms with E-state index >= 15 is 0 Å². The Hall–Kier alpha value is -2.73. The Morgan fingerprint density at radius 2 is 1.83 bits per heavy atom. The molecule has 1 atom stereocenters. The van der Waals surface area contributed by atoms with Gasteiger partial charge in [-0.25, -0.2) is 8.42 Å². The van der Waals surface area contributed by atoms with Gasteiger partial charge in [0.1, 0.15) is 5.75 Å². The number of methoxy groups -OCH3 is 1. The smallest absolute Gasteiger partial charge is 0.263 e. The number of sulfonamides is 1. The molecule has 0 amide bonds. The van der Waals surface area contributed by atoms with Crippen molar-refractivity contribution in [1.82, 2.24) is 9.29 Å². The number of ether oxygens (including phenoxy) is 1. The molecule has 6 heteroatoms. The van der Waals surface area contributed by atoms with Crippen LogP contribution in [0.5, 0.6) is 5.75 Å². The number of rotatable bonds is 5. The molecule has 1 aromatic heterocycles. The minimum Gasteiger partial charge on any atom is -0.497 e. The van der Waals surface area contributed by atoms with Gasteiger partial charge in [-0.2, -0.15) is 0 Å². The van der Waals surface area contributed by atoms with Gasteiger partial charge in [-0.3, -0.25) is 4.31 Å². The van der Waals surface area contributed by atoms with Crippen molar-refractivity contribution in [3.05, 3.63) is 71.1 Å². The van der Waals surface area contributed by atoms with E-state index < -0.39 is 10.0 Å². The number of nitrogens with zero attached hydrogens (tertiary/aromatic N) is 1. The van der Waals surface area contributed by atoms with E-state index in [4.69, 9.17) is 4.74 Å². The fourth-order valence-corrected chi connectivity index (χ4v) is 5.56. The van der Waals surface area contributed by atoms with E-state index in [0.29, 0.717) is 4.90 Å². The van der Waals surface area contributed by atoms with Gasteiger partial charge >= 0.3 is 0 Å². The number of H-pyrrole nitrogens is 1. The number of hydrogen-bond donors (Lipinski definition) is 1. The van der Waals surface area contributed by atoms with Gasteiger partial charge in [0.05, 0.1) is 12.0 Å². The minimum absolute atomic E-state index is 0.182. The van der Waals surface area contributed by atoms with Gasteiger partial charge in [-0.05, 0) is 68.2 Å². The van der Waals surface area contributed by atoms with E-state index in [9.17, 15) is 8.42 Å². The van der Waals surface area contributed by atoms with Gasteiger partial charge in [0, 0.05) is 35.8 Å². The molecule has 0 saturated heterocycles. The Bertz CT molecular complexity index is 1190. The van der Waals surface area contributed by atoms with E-state index in [2.05, 4.69) is 4.98 Å². The molecule has 3 aromatic rings. The standard InChI is InChI=1S/C23H26N2O3S/c1-15-5-8-18(9-6-15)29(26,27)25(3)23-12-10-19(16(23)2)21-14-24-22-11-7-17(28-4)13-20(21)22/h5-9,11,13-14,19,24H,10,12H2,1-4H3/t19-/m1/s1. The number of nitrogens with one attached hydrogen (secondary N) is 1. The van der Waals surface area contributed by atoms with Crippen molar-refractivity contribution in [3.63, 3.8) is 0 Å². The predicted octanol–water partition coefficient (Wildman–Crippen LogP) is 4.96. The first-order chi connectivity index (χ1) is 13.8. The lowest BCUT2D eigenvalue weighted by Gasteiger charge is -2.22. The molecule has 1 aliphatic carbocycles. The number of allylic oxidation sites excluding steroid dienone is 2. The molecule has 0 spiro atoms. The normalized spacial score (nSPS) is 17.2. The van der Waals surface area contributed by atoms with Crippen LogP contribution in [-0.2, 0) is 10.0 Å². The number of fused-ring (bicyclic) bond motifs is 1. The molecule has 1 aliphatic rings.